The number of hydrogen-bond donors (Lipinski definition) is 3. The third kappa shape index (κ3) is 2.11. The van der Waals surface area contributed by atoms with Gasteiger partial charge in [0.1, 0.15) is 12.2 Å². The topological polar surface area (TPSA) is 139 Å². The molecule has 2 aromatic heterocycles. The van der Waals surface area contributed by atoms with Crippen LogP contribution in [-0.2, 0) is 5.75 Å². The van der Waals surface area contributed by atoms with E-state index in [2.05, 4.69) is 35.3 Å². The van der Waals surface area contributed by atoms with Crippen LogP contribution in [0.4, 0.5) is 0 Å². The van der Waals surface area contributed by atoms with Gasteiger partial charge in [-0.2, -0.15) is 5.10 Å². The Kier molecular flexibility index (Phi) is 3.00. The Labute approximate surface area is 93.1 Å². The molecule has 0 bridgehead atoms. The largest absolute Gasteiger partial charge is 0.409 e. The van der Waals surface area contributed by atoms with E-state index in [4.69, 9.17) is 10.9 Å². The normalized spacial score (nSPS) is 11.9. The molecule has 0 amide bonds. The molecule has 0 fully saturated rings. The molecule has 9 nitrogen and oxygen atoms in total. The molecule has 84 valence electrons. The summed E-state index contributed by atoms with van der Waals surface area (Å²) in [6.07, 6.45) is 1.40. The number of amidine groups is 1. The molecule has 4 N–H and O–H groups in total. The second-order valence-corrected chi connectivity index (χ2v) is 3.59. The van der Waals surface area contributed by atoms with E-state index in [1.807, 2.05) is 0 Å². The van der Waals surface area contributed by atoms with Crippen LogP contribution in [0.2, 0.25) is 0 Å². The van der Waals surface area contributed by atoms with Crippen molar-refractivity contribution >= 4 is 17.6 Å². The van der Waals surface area contributed by atoms with Crippen molar-refractivity contribution < 1.29 is 9.84 Å². The average Bonchev–Trinajstić information content (AvgIpc) is 2.96. The van der Waals surface area contributed by atoms with Crippen molar-refractivity contribution in [2.45, 2.75) is 10.8 Å². The molecule has 2 rings (SSSR count). The maximum atomic E-state index is 8.50. The average molecular weight is 241 g/mol. The number of aromatic amines is 1. The van der Waals surface area contributed by atoms with Crippen LogP contribution < -0.4 is 5.73 Å². The number of nitrogens with two attached hydrogens (primary N) is 1. The van der Waals surface area contributed by atoms with Gasteiger partial charge in [0.15, 0.2) is 16.6 Å². The van der Waals surface area contributed by atoms with Crippen molar-refractivity contribution in [3.05, 3.63) is 17.8 Å². The molecule has 0 saturated heterocycles. The summed E-state index contributed by atoms with van der Waals surface area (Å²) in [5, 5.41) is 25.3. The minimum atomic E-state index is -0.152. The molecule has 2 aromatic rings. The second-order valence-electron chi connectivity index (χ2n) is 2.62. The fraction of sp³-hybridized carbons (Fsp3) is 0.167. The summed E-state index contributed by atoms with van der Waals surface area (Å²) in [4.78, 5) is 3.93. The van der Waals surface area contributed by atoms with E-state index in [0.29, 0.717) is 16.6 Å². The van der Waals surface area contributed by atoms with Gasteiger partial charge in [0, 0.05) is 0 Å². The van der Waals surface area contributed by atoms with Crippen LogP contribution in [0.1, 0.15) is 11.5 Å². The standard InChI is InChI=1S/C6H7N7O2S/c7-5(11-14)4-6(13-15-12-4)16-1-3-8-2-9-10-3/h2,14H,1H2,(H2,7,11)(H,8,9,10). The quantitative estimate of drug-likeness (QED) is 0.215. The van der Waals surface area contributed by atoms with Crippen LogP contribution in [0.3, 0.4) is 0 Å². The number of rotatable bonds is 4. The van der Waals surface area contributed by atoms with Crippen molar-refractivity contribution in [3.63, 3.8) is 0 Å². The fourth-order valence-electron chi connectivity index (χ4n) is 0.916. The Morgan fingerprint density at radius 1 is 1.62 bits per heavy atom. The van der Waals surface area contributed by atoms with E-state index < -0.39 is 0 Å². The number of oxime groups is 1. The Bertz CT molecular complexity index is 479. The molecule has 0 aromatic carbocycles. The van der Waals surface area contributed by atoms with Crippen LogP contribution in [0.15, 0.2) is 21.1 Å². The summed E-state index contributed by atoms with van der Waals surface area (Å²) >= 11 is 1.28. The van der Waals surface area contributed by atoms with Crippen molar-refractivity contribution in [3.8, 4) is 0 Å². The first-order valence-corrected chi connectivity index (χ1v) is 5.07. The van der Waals surface area contributed by atoms with Crippen LogP contribution >= 0.6 is 11.8 Å². The van der Waals surface area contributed by atoms with Gasteiger partial charge in [0.05, 0.1) is 5.75 Å². The van der Waals surface area contributed by atoms with Crippen molar-refractivity contribution in [1.29, 1.82) is 0 Å². The summed E-state index contributed by atoms with van der Waals surface area (Å²) in [6.45, 7) is 0. The van der Waals surface area contributed by atoms with Crippen LogP contribution in [-0.4, -0.2) is 36.5 Å². The minimum absolute atomic E-state index is 0.152. The first kappa shape index (κ1) is 10.4. The van der Waals surface area contributed by atoms with Crippen molar-refractivity contribution in [2.24, 2.45) is 10.9 Å². The zero-order valence-corrected chi connectivity index (χ0v) is 8.68. The van der Waals surface area contributed by atoms with Crippen LogP contribution in [0.5, 0.6) is 0 Å². The number of H-pyrrole nitrogens is 1. The Morgan fingerprint density at radius 3 is 3.19 bits per heavy atom. The lowest BCUT2D eigenvalue weighted by atomic mass is 10.4. The highest BCUT2D eigenvalue weighted by Crippen LogP contribution is 2.21. The number of nitrogens with zero attached hydrogens (tertiary/aromatic N) is 5. The van der Waals surface area contributed by atoms with Gasteiger partial charge in [0.2, 0.25) is 0 Å². The Morgan fingerprint density at radius 2 is 2.50 bits per heavy atom. The third-order valence-corrected chi connectivity index (χ3v) is 2.58. The highest BCUT2D eigenvalue weighted by molar-refractivity contribution is 7.98. The molecule has 0 spiro atoms. The first-order chi connectivity index (χ1) is 7.81. The predicted molar refractivity (Wildman–Crippen MR) is 52.8 cm³/mol. The molecule has 16 heavy (non-hydrogen) atoms. The molecule has 2 heterocycles. The van der Waals surface area contributed by atoms with Crippen molar-refractivity contribution in [1.82, 2.24) is 25.5 Å². The second kappa shape index (κ2) is 4.61. The van der Waals surface area contributed by atoms with Gasteiger partial charge in [-0.15, -0.1) is 0 Å². The molecule has 0 radical (unpaired) electrons. The monoisotopic (exact) mass is 241 g/mol. The molecule has 0 saturated carbocycles. The molecule has 0 aliphatic rings. The summed E-state index contributed by atoms with van der Waals surface area (Å²) in [5.41, 5.74) is 5.58. The maximum Gasteiger partial charge on any atom is 0.195 e. The van der Waals surface area contributed by atoms with Gasteiger partial charge >= 0.3 is 0 Å². The highest BCUT2D eigenvalue weighted by Gasteiger charge is 2.15. The maximum absolute atomic E-state index is 8.50. The lowest BCUT2D eigenvalue weighted by molar-refractivity contribution is 0.296. The lowest BCUT2D eigenvalue weighted by Crippen LogP contribution is -2.14. The van der Waals surface area contributed by atoms with E-state index in [9.17, 15) is 0 Å². The van der Waals surface area contributed by atoms with E-state index in [1.54, 1.807) is 0 Å². The third-order valence-electron chi connectivity index (χ3n) is 1.62. The number of hydrogen-bond acceptors (Lipinski definition) is 8. The van der Waals surface area contributed by atoms with Gasteiger partial charge < -0.3 is 10.9 Å². The molecule has 0 aliphatic heterocycles. The first-order valence-electron chi connectivity index (χ1n) is 4.08. The lowest BCUT2D eigenvalue weighted by Gasteiger charge is -1.95. The smallest absolute Gasteiger partial charge is 0.195 e. The molecular formula is C6H7N7O2S. The van der Waals surface area contributed by atoms with E-state index in [1.165, 1.54) is 18.1 Å². The van der Waals surface area contributed by atoms with Gasteiger partial charge in [-0.05, 0) is 10.3 Å². The van der Waals surface area contributed by atoms with Crippen LogP contribution in [0.25, 0.3) is 0 Å². The molecule has 10 heteroatoms. The van der Waals surface area contributed by atoms with Gasteiger partial charge in [0.25, 0.3) is 0 Å². The van der Waals surface area contributed by atoms with Gasteiger partial charge in [-0.3, -0.25) is 5.10 Å². The summed E-state index contributed by atoms with van der Waals surface area (Å²) in [6, 6.07) is 0. The SMILES string of the molecule is N/C(=N\O)c1nonc1SCc1ncn[nH]1. The number of aromatic nitrogens is 5. The zero-order valence-electron chi connectivity index (χ0n) is 7.86. The van der Waals surface area contributed by atoms with Crippen LogP contribution in [0, 0.1) is 0 Å². The molecular weight excluding hydrogens is 234 g/mol. The summed E-state index contributed by atoms with van der Waals surface area (Å²) in [5.74, 6) is 1.03. The summed E-state index contributed by atoms with van der Waals surface area (Å²) in [7, 11) is 0. The molecule has 0 unspecified atom stereocenters. The number of nitrogens with one attached hydrogen (secondary N) is 1. The minimum Gasteiger partial charge on any atom is -0.409 e. The Hall–Kier alpha value is -2.10. The highest BCUT2D eigenvalue weighted by atomic mass is 32.2. The van der Waals surface area contributed by atoms with E-state index in [0.717, 1.165) is 0 Å². The number of thioether (sulfide) groups is 1. The zero-order chi connectivity index (χ0) is 11.4. The van der Waals surface area contributed by atoms with Gasteiger partial charge in [-0.1, -0.05) is 16.9 Å². The van der Waals surface area contributed by atoms with Gasteiger partial charge in [-0.25, -0.2) is 9.61 Å². The van der Waals surface area contributed by atoms with E-state index in [-0.39, 0.29) is 11.5 Å². The van der Waals surface area contributed by atoms with Crippen molar-refractivity contribution in [2.75, 3.05) is 0 Å². The predicted octanol–water partition coefficient (Wildman–Crippen LogP) is -0.426. The molecule has 0 aliphatic carbocycles. The van der Waals surface area contributed by atoms with E-state index >= 15 is 0 Å². The Balaban J connectivity index is 2.07. The molecule has 0 atom stereocenters. The fourth-order valence-corrected chi connectivity index (χ4v) is 1.69. The summed E-state index contributed by atoms with van der Waals surface area (Å²) < 4.78 is 4.50.